The van der Waals surface area contributed by atoms with Crippen molar-refractivity contribution in [1.82, 2.24) is 4.72 Å². The Morgan fingerprint density at radius 2 is 2.05 bits per heavy atom. The molecule has 8 heteroatoms. The van der Waals surface area contributed by atoms with E-state index in [0.717, 1.165) is 12.8 Å². The molecule has 118 valence electrons. The number of sulfonamides is 1. The van der Waals surface area contributed by atoms with E-state index in [4.69, 9.17) is 11.5 Å². The SMILES string of the molecule is CCCCN(CC(N)=O)c1cc(S(=O)(=O)NC)ccc1N. The van der Waals surface area contributed by atoms with E-state index in [2.05, 4.69) is 4.72 Å². The molecule has 0 saturated carbocycles. The van der Waals surface area contributed by atoms with Crippen LogP contribution in [0.15, 0.2) is 23.1 Å². The standard InChI is InChI=1S/C13H22N4O3S/c1-3-4-7-17(9-13(15)18)12-8-10(5-6-11(12)14)21(19,20)16-2/h5-6,8,16H,3-4,7,9,14H2,1-2H3,(H2,15,18). The van der Waals surface area contributed by atoms with Gasteiger partial charge in [-0.15, -0.1) is 0 Å². The molecular formula is C13H22N4O3S. The van der Waals surface area contributed by atoms with E-state index >= 15 is 0 Å². The van der Waals surface area contributed by atoms with Gasteiger partial charge in [-0.05, 0) is 31.7 Å². The van der Waals surface area contributed by atoms with Gasteiger partial charge in [-0.1, -0.05) is 13.3 Å². The minimum absolute atomic E-state index is 0.00669. The molecule has 1 amide bonds. The van der Waals surface area contributed by atoms with Crippen LogP contribution in [0, 0.1) is 0 Å². The van der Waals surface area contributed by atoms with Crippen LogP contribution in [0.2, 0.25) is 0 Å². The number of unbranched alkanes of at least 4 members (excludes halogenated alkanes) is 1. The fourth-order valence-corrected chi connectivity index (χ4v) is 2.65. The monoisotopic (exact) mass is 314 g/mol. The third-order valence-corrected chi connectivity index (χ3v) is 4.46. The third-order valence-electron chi connectivity index (χ3n) is 3.05. The molecule has 0 fully saturated rings. The summed E-state index contributed by atoms with van der Waals surface area (Å²) in [6, 6.07) is 4.40. The molecule has 7 nitrogen and oxygen atoms in total. The fraction of sp³-hybridized carbons (Fsp3) is 0.462. The van der Waals surface area contributed by atoms with Crippen molar-refractivity contribution in [1.29, 1.82) is 0 Å². The summed E-state index contributed by atoms with van der Waals surface area (Å²) in [6.07, 6.45) is 1.78. The van der Waals surface area contributed by atoms with E-state index in [-0.39, 0.29) is 11.4 Å². The van der Waals surface area contributed by atoms with Gasteiger partial charge in [0.25, 0.3) is 0 Å². The Morgan fingerprint density at radius 3 is 2.57 bits per heavy atom. The van der Waals surface area contributed by atoms with Gasteiger partial charge in [0.15, 0.2) is 0 Å². The summed E-state index contributed by atoms with van der Waals surface area (Å²) in [5, 5.41) is 0. The molecule has 0 spiro atoms. The molecule has 0 atom stereocenters. The number of nitrogens with one attached hydrogen (secondary N) is 1. The Balaban J connectivity index is 3.23. The predicted molar refractivity (Wildman–Crippen MR) is 83.4 cm³/mol. The second kappa shape index (κ2) is 7.28. The van der Waals surface area contributed by atoms with Crippen molar-refractivity contribution in [2.75, 3.05) is 30.8 Å². The Bertz CT molecular complexity index is 601. The number of anilines is 2. The molecule has 0 aliphatic rings. The van der Waals surface area contributed by atoms with Crippen LogP contribution in [0.3, 0.4) is 0 Å². The van der Waals surface area contributed by atoms with Crippen LogP contribution in [0.1, 0.15) is 19.8 Å². The second-order valence-corrected chi connectivity index (χ2v) is 6.56. The summed E-state index contributed by atoms with van der Waals surface area (Å²) in [5.41, 5.74) is 12.1. The maximum Gasteiger partial charge on any atom is 0.240 e. The molecule has 0 heterocycles. The molecule has 0 bridgehead atoms. The van der Waals surface area contributed by atoms with Crippen LogP contribution in [0.5, 0.6) is 0 Å². The summed E-state index contributed by atoms with van der Waals surface area (Å²) < 4.78 is 26.0. The number of carbonyl (C=O) groups excluding carboxylic acids is 1. The highest BCUT2D eigenvalue weighted by Gasteiger charge is 2.17. The molecule has 0 saturated heterocycles. The van der Waals surface area contributed by atoms with Crippen molar-refractivity contribution >= 4 is 27.3 Å². The molecular weight excluding hydrogens is 292 g/mol. The summed E-state index contributed by atoms with van der Waals surface area (Å²) in [5.74, 6) is -0.493. The molecule has 1 aromatic carbocycles. The van der Waals surface area contributed by atoms with Gasteiger partial charge in [-0.25, -0.2) is 13.1 Å². The first kappa shape index (κ1) is 17.3. The smallest absolute Gasteiger partial charge is 0.240 e. The zero-order valence-corrected chi connectivity index (χ0v) is 13.1. The van der Waals surface area contributed by atoms with E-state index in [0.29, 0.717) is 17.9 Å². The van der Waals surface area contributed by atoms with E-state index < -0.39 is 15.9 Å². The highest BCUT2D eigenvalue weighted by atomic mass is 32.2. The molecule has 5 N–H and O–H groups in total. The van der Waals surface area contributed by atoms with Crippen LogP contribution in [0.4, 0.5) is 11.4 Å². The van der Waals surface area contributed by atoms with E-state index in [1.807, 2.05) is 6.92 Å². The number of nitrogen functional groups attached to an aromatic ring is 1. The van der Waals surface area contributed by atoms with Crippen molar-refractivity contribution in [3.63, 3.8) is 0 Å². The average molecular weight is 314 g/mol. The zero-order chi connectivity index (χ0) is 16.0. The van der Waals surface area contributed by atoms with E-state index in [1.165, 1.54) is 25.2 Å². The molecule has 0 radical (unpaired) electrons. The molecule has 1 aromatic rings. The second-order valence-electron chi connectivity index (χ2n) is 4.67. The summed E-state index contributed by atoms with van der Waals surface area (Å²) in [4.78, 5) is 13.0. The molecule has 1 rings (SSSR count). The molecule has 0 aliphatic carbocycles. The van der Waals surface area contributed by atoms with Gasteiger partial charge in [-0.2, -0.15) is 0 Å². The number of carbonyl (C=O) groups is 1. The lowest BCUT2D eigenvalue weighted by Crippen LogP contribution is -2.35. The minimum Gasteiger partial charge on any atom is -0.397 e. The first-order valence-electron chi connectivity index (χ1n) is 6.68. The highest BCUT2D eigenvalue weighted by Crippen LogP contribution is 2.27. The van der Waals surface area contributed by atoms with Crippen LogP contribution >= 0.6 is 0 Å². The van der Waals surface area contributed by atoms with Gasteiger partial charge < -0.3 is 16.4 Å². The minimum atomic E-state index is -3.57. The Labute approximate surface area is 125 Å². The summed E-state index contributed by atoms with van der Waals surface area (Å²) >= 11 is 0. The summed E-state index contributed by atoms with van der Waals surface area (Å²) in [6.45, 7) is 2.59. The zero-order valence-electron chi connectivity index (χ0n) is 12.3. The molecule has 0 aromatic heterocycles. The maximum absolute atomic E-state index is 11.9. The molecule has 0 unspecified atom stereocenters. The quantitative estimate of drug-likeness (QED) is 0.595. The highest BCUT2D eigenvalue weighted by molar-refractivity contribution is 7.89. The fourth-order valence-electron chi connectivity index (χ4n) is 1.90. The van der Waals surface area contributed by atoms with E-state index in [9.17, 15) is 13.2 Å². The number of hydrogen-bond acceptors (Lipinski definition) is 5. The van der Waals surface area contributed by atoms with Gasteiger partial charge in [0, 0.05) is 6.54 Å². The number of nitrogens with zero attached hydrogens (tertiary/aromatic N) is 1. The molecule has 21 heavy (non-hydrogen) atoms. The van der Waals surface area contributed by atoms with Crippen LogP contribution in [-0.2, 0) is 14.8 Å². The lowest BCUT2D eigenvalue weighted by molar-refractivity contribution is -0.116. The number of amides is 1. The summed E-state index contributed by atoms with van der Waals surface area (Å²) in [7, 11) is -2.23. The van der Waals surface area contributed by atoms with Crippen molar-refractivity contribution in [3.05, 3.63) is 18.2 Å². The lowest BCUT2D eigenvalue weighted by Gasteiger charge is -2.25. The van der Waals surface area contributed by atoms with Gasteiger partial charge in [-0.3, -0.25) is 4.79 Å². The Hall–Kier alpha value is -1.80. The van der Waals surface area contributed by atoms with Crippen molar-refractivity contribution in [2.24, 2.45) is 5.73 Å². The first-order chi connectivity index (χ1) is 9.81. The first-order valence-corrected chi connectivity index (χ1v) is 8.16. The maximum atomic E-state index is 11.9. The van der Waals surface area contributed by atoms with Crippen molar-refractivity contribution in [2.45, 2.75) is 24.7 Å². The molecule has 0 aliphatic heterocycles. The largest absolute Gasteiger partial charge is 0.397 e. The van der Waals surface area contributed by atoms with Gasteiger partial charge in [0.1, 0.15) is 0 Å². The number of primary amides is 1. The Morgan fingerprint density at radius 1 is 1.38 bits per heavy atom. The number of benzene rings is 1. The van der Waals surface area contributed by atoms with Crippen molar-refractivity contribution in [3.8, 4) is 0 Å². The van der Waals surface area contributed by atoms with Crippen LogP contribution < -0.4 is 21.1 Å². The van der Waals surface area contributed by atoms with E-state index in [1.54, 1.807) is 4.90 Å². The predicted octanol–water partition coefficient (Wildman–Crippen LogP) is 0.269. The topological polar surface area (TPSA) is 119 Å². The number of rotatable bonds is 8. The average Bonchev–Trinajstić information content (AvgIpc) is 2.43. The van der Waals surface area contributed by atoms with Gasteiger partial charge in [0.2, 0.25) is 15.9 Å². The van der Waals surface area contributed by atoms with Crippen molar-refractivity contribution < 1.29 is 13.2 Å². The van der Waals surface area contributed by atoms with Crippen LogP contribution in [-0.4, -0.2) is 34.5 Å². The Kier molecular flexibility index (Phi) is 5.98. The van der Waals surface area contributed by atoms with Gasteiger partial charge in [0.05, 0.1) is 22.8 Å². The normalized spacial score (nSPS) is 11.3. The third kappa shape index (κ3) is 4.61. The number of hydrogen-bond donors (Lipinski definition) is 3. The number of nitrogens with two attached hydrogens (primary N) is 2. The van der Waals surface area contributed by atoms with Gasteiger partial charge >= 0.3 is 0 Å². The van der Waals surface area contributed by atoms with Crippen LogP contribution in [0.25, 0.3) is 0 Å². The lowest BCUT2D eigenvalue weighted by atomic mass is 10.2.